The van der Waals surface area contributed by atoms with Gasteiger partial charge < -0.3 is 4.74 Å². The lowest BCUT2D eigenvalue weighted by molar-refractivity contribution is -0.0521. The summed E-state index contributed by atoms with van der Waals surface area (Å²) in [5.74, 6) is -4.69. The molecule has 0 amide bonds. The van der Waals surface area contributed by atoms with Crippen LogP contribution in [0.5, 0.6) is 5.75 Å². The van der Waals surface area contributed by atoms with Gasteiger partial charge in [-0.1, -0.05) is 42.5 Å². The second-order valence-electron chi connectivity index (χ2n) is 7.65. The number of alkyl halides is 2. The second-order valence-corrected chi connectivity index (χ2v) is 7.65. The quantitative estimate of drug-likeness (QED) is 0.194. The molecule has 0 atom stereocenters. The van der Waals surface area contributed by atoms with E-state index in [1.807, 2.05) is 6.07 Å². The number of fused-ring (bicyclic) bond motifs is 1. The summed E-state index contributed by atoms with van der Waals surface area (Å²) < 4.78 is 87.7. The van der Waals surface area contributed by atoms with Crippen molar-refractivity contribution in [2.75, 3.05) is 0 Å². The molecule has 0 heterocycles. The summed E-state index contributed by atoms with van der Waals surface area (Å²) in [6.45, 7) is 0.436. The molecule has 0 N–H and O–H groups in total. The third-order valence-electron chi connectivity index (χ3n) is 5.45. The molecule has 0 saturated carbocycles. The number of rotatable bonds is 7. The van der Waals surface area contributed by atoms with Crippen molar-refractivity contribution in [1.82, 2.24) is 0 Å². The summed E-state index contributed by atoms with van der Waals surface area (Å²) in [6, 6.07) is 12.9. The van der Waals surface area contributed by atoms with Gasteiger partial charge in [0.2, 0.25) is 0 Å². The molecular weight excluding hydrogens is 454 g/mol. The molecule has 0 radical (unpaired) electrons. The van der Waals surface area contributed by atoms with Gasteiger partial charge in [-0.05, 0) is 59.2 Å². The summed E-state index contributed by atoms with van der Waals surface area (Å²) in [7, 11) is 0. The molecule has 4 aromatic carbocycles. The third-order valence-corrected chi connectivity index (χ3v) is 5.45. The van der Waals surface area contributed by atoms with E-state index in [1.54, 1.807) is 24.3 Å². The van der Waals surface area contributed by atoms with E-state index in [0.717, 1.165) is 42.7 Å². The van der Waals surface area contributed by atoms with E-state index in [9.17, 15) is 22.0 Å². The molecule has 0 aliphatic heterocycles. The number of halogens is 6. The number of hydrogen-bond acceptors (Lipinski definition) is 1. The largest absolute Gasteiger partial charge is 0.432 e. The lowest BCUT2D eigenvalue weighted by Gasteiger charge is -2.12. The molecule has 4 rings (SSSR count). The van der Waals surface area contributed by atoms with Gasteiger partial charge in [0.05, 0.1) is 5.56 Å². The van der Waals surface area contributed by atoms with Crippen LogP contribution in [0.15, 0.2) is 73.3 Å². The molecule has 0 fully saturated rings. The maximum Gasteiger partial charge on any atom is 0.387 e. The van der Waals surface area contributed by atoms with Gasteiger partial charge >= 0.3 is 6.61 Å². The van der Waals surface area contributed by atoms with Crippen molar-refractivity contribution in [2.24, 2.45) is 0 Å². The minimum atomic E-state index is -3.25. The van der Waals surface area contributed by atoms with E-state index >= 15 is 4.39 Å². The molecule has 0 saturated heterocycles. The zero-order chi connectivity index (χ0) is 24.4. The molecule has 0 unspecified atom stereocenters. The average molecular weight is 472 g/mol. The predicted octanol–water partition coefficient (Wildman–Crippen LogP) is 8.45. The zero-order valence-corrected chi connectivity index (χ0v) is 17.7. The number of hydrogen-bond donors (Lipinski definition) is 0. The highest BCUT2D eigenvalue weighted by molar-refractivity contribution is 5.89. The Bertz CT molecular complexity index is 1360. The monoisotopic (exact) mass is 472 g/mol. The van der Waals surface area contributed by atoms with E-state index < -0.39 is 41.2 Å². The predicted molar refractivity (Wildman–Crippen MR) is 120 cm³/mol. The Kier molecular flexibility index (Phi) is 6.63. The van der Waals surface area contributed by atoms with Crippen LogP contribution in [0.25, 0.3) is 33.0 Å². The van der Waals surface area contributed by atoms with Crippen molar-refractivity contribution in [2.45, 2.75) is 19.5 Å². The van der Waals surface area contributed by atoms with Gasteiger partial charge in [0, 0.05) is 10.9 Å². The summed E-state index contributed by atoms with van der Waals surface area (Å²) >= 11 is 0. The van der Waals surface area contributed by atoms with Crippen LogP contribution in [0.2, 0.25) is 0 Å². The fraction of sp³-hybridized carbons (Fsp3) is 0.111. The summed E-state index contributed by atoms with van der Waals surface area (Å²) in [4.78, 5) is 0. The first-order valence-electron chi connectivity index (χ1n) is 10.3. The van der Waals surface area contributed by atoms with Crippen molar-refractivity contribution >= 4 is 10.8 Å². The average Bonchev–Trinajstić information content (AvgIpc) is 2.79. The summed E-state index contributed by atoms with van der Waals surface area (Å²) in [5.41, 5.74) is 0.193. The van der Waals surface area contributed by atoms with Crippen LogP contribution >= 0.6 is 0 Å². The minimum Gasteiger partial charge on any atom is -0.432 e. The molecule has 7 heteroatoms. The van der Waals surface area contributed by atoms with Gasteiger partial charge in [-0.25, -0.2) is 17.6 Å². The van der Waals surface area contributed by atoms with Crippen LogP contribution in [0.1, 0.15) is 12.0 Å². The first kappa shape index (κ1) is 23.4. The van der Waals surface area contributed by atoms with E-state index in [0.29, 0.717) is 16.8 Å². The van der Waals surface area contributed by atoms with Crippen molar-refractivity contribution in [3.63, 3.8) is 0 Å². The molecule has 0 spiro atoms. The van der Waals surface area contributed by atoms with Crippen molar-refractivity contribution in [3.8, 4) is 28.0 Å². The molecule has 1 nitrogen and oxygen atoms in total. The van der Waals surface area contributed by atoms with Crippen molar-refractivity contribution < 1.29 is 31.1 Å². The number of benzene rings is 4. The topological polar surface area (TPSA) is 9.23 Å². The van der Waals surface area contributed by atoms with Crippen LogP contribution in [0.3, 0.4) is 0 Å². The van der Waals surface area contributed by atoms with Crippen LogP contribution in [0.4, 0.5) is 26.3 Å². The molecular formula is C27H18F6O. The standard InChI is InChI=1S/C27H18F6O/c1-2-3-4-15-5-8-19-16(11-15)6-9-20(26(19)31)18-13-22(29)25(23(30)14-18)17-7-10-24(21(28)12-17)34-27(32)33/h2,5-14,27H,1,3-4H2. The molecule has 4 aromatic rings. The van der Waals surface area contributed by atoms with Crippen LogP contribution in [-0.2, 0) is 6.42 Å². The Morgan fingerprint density at radius 3 is 2.15 bits per heavy atom. The van der Waals surface area contributed by atoms with E-state index in [2.05, 4.69) is 11.3 Å². The second kappa shape index (κ2) is 9.63. The SMILES string of the molecule is C=CCCc1ccc2c(F)c(-c3cc(F)c(-c4ccc(OC(F)F)c(F)c4)c(F)c3)ccc2c1. The summed E-state index contributed by atoms with van der Waals surface area (Å²) in [6.07, 6.45) is 3.33. The Hall–Kier alpha value is -3.74. The number of allylic oxidation sites excluding steroid dienone is 1. The number of aryl methyl sites for hydroxylation is 1. The maximum absolute atomic E-state index is 15.2. The van der Waals surface area contributed by atoms with Gasteiger partial charge in [-0.15, -0.1) is 6.58 Å². The first-order valence-corrected chi connectivity index (χ1v) is 10.3. The smallest absolute Gasteiger partial charge is 0.387 e. The van der Waals surface area contributed by atoms with E-state index in [-0.39, 0.29) is 16.7 Å². The molecule has 0 aliphatic carbocycles. The third kappa shape index (κ3) is 4.64. The fourth-order valence-electron chi connectivity index (χ4n) is 3.84. The molecule has 174 valence electrons. The first-order chi connectivity index (χ1) is 16.3. The van der Waals surface area contributed by atoms with Gasteiger partial charge in [-0.2, -0.15) is 8.78 Å². The van der Waals surface area contributed by atoms with Gasteiger partial charge in [0.25, 0.3) is 0 Å². The van der Waals surface area contributed by atoms with Crippen LogP contribution < -0.4 is 4.74 Å². The molecule has 0 aromatic heterocycles. The lowest BCUT2D eigenvalue weighted by atomic mass is 9.95. The van der Waals surface area contributed by atoms with Crippen LogP contribution in [-0.4, -0.2) is 6.61 Å². The highest BCUT2D eigenvalue weighted by Crippen LogP contribution is 2.35. The molecule has 0 aliphatic rings. The van der Waals surface area contributed by atoms with Crippen molar-refractivity contribution in [3.05, 3.63) is 102 Å². The van der Waals surface area contributed by atoms with Crippen molar-refractivity contribution in [1.29, 1.82) is 0 Å². The highest BCUT2D eigenvalue weighted by Gasteiger charge is 2.19. The molecule has 0 bridgehead atoms. The highest BCUT2D eigenvalue weighted by atomic mass is 19.3. The zero-order valence-electron chi connectivity index (χ0n) is 17.7. The van der Waals surface area contributed by atoms with Gasteiger partial charge in [0.1, 0.15) is 17.5 Å². The van der Waals surface area contributed by atoms with E-state index in [1.165, 1.54) is 6.07 Å². The normalized spacial score (nSPS) is 11.3. The Balaban J connectivity index is 1.72. The van der Waals surface area contributed by atoms with Crippen LogP contribution in [0, 0.1) is 23.3 Å². The Labute approximate surface area is 191 Å². The molecule has 34 heavy (non-hydrogen) atoms. The van der Waals surface area contributed by atoms with Gasteiger partial charge in [0.15, 0.2) is 11.6 Å². The van der Waals surface area contributed by atoms with Gasteiger partial charge in [-0.3, -0.25) is 0 Å². The minimum absolute atomic E-state index is 0.00236. The Morgan fingerprint density at radius 2 is 1.50 bits per heavy atom. The fourth-order valence-corrected chi connectivity index (χ4v) is 3.84. The number of ether oxygens (including phenoxy) is 1. The maximum atomic E-state index is 15.2. The Morgan fingerprint density at radius 1 is 0.794 bits per heavy atom. The summed E-state index contributed by atoms with van der Waals surface area (Å²) in [5, 5.41) is 0.961. The lowest BCUT2D eigenvalue weighted by Crippen LogP contribution is -2.04. The van der Waals surface area contributed by atoms with E-state index in [4.69, 9.17) is 0 Å².